The fourth-order valence-corrected chi connectivity index (χ4v) is 0. The van der Waals surface area contributed by atoms with E-state index < -0.39 is 0 Å². The summed E-state index contributed by atoms with van der Waals surface area (Å²) in [4.78, 5) is 0. The van der Waals surface area contributed by atoms with E-state index in [1.807, 2.05) is 0 Å². The molecule has 4 heteroatoms. The minimum atomic E-state index is 0. The maximum Gasteiger partial charge on any atom is 0 e. The van der Waals surface area contributed by atoms with Gasteiger partial charge in [0, 0.05) is 19.5 Å². The second-order valence-corrected chi connectivity index (χ2v) is 0. The summed E-state index contributed by atoms with van der Waals surface area (Å²) >= 11 is 2.31. The molecule has 0 aromatic rings. The van der Waals surface area contributed by atoms with Crippen molar-refractivity contribution < 1.29 is 39.0 Å². The average molecular weight is 148 g/mol. The van der Waals surface area contributed by atoms with Crippen LogP contribution in [0.2, 0.25) is 0 Å². The van der Waals surface area contributed by atoms with Gasteiger partial charge in [0.25, 0.3) is 0 Å². The summed E-state index contributed by atoms with van der Waals surface area (Å²) in [7, 11) is 0. The molecule has 0 aliphatic carbocycles. The average Bonchev–Trinajstić information content (AvgIpc) is 1.00. The van der Waals surface area contributed by atoms with Crippen molar-refractivity contribution in [1.82, 2.24) is 0 Å². The first-order chi connectivity index (χ1) is 1.00. The topological polar surface area (TPSA) is 17.1 Å². The molecule has 0 fully saturated rings. The summed E-state index contributed by atoms with van der Waals surface area (Å²) in [5.41, 5.74) is 0. The molecule has 4 heavy (non-hydrogen) atoms. The minimum absolute atomic E-state index is 0. The normalized spacial score (nSPS) is 1.25. The van der Waals surface area contributed by atoms with Crippen molar-refractivity contribution in [3.63, 3.8) is 0 Å². The second-order valence-electron chi connectivity index (χ2n) is 0. The van der Waals surface area contributed by atoms with E-state index in [0.29, 0.717) is 0 Å². The zero-order valence-corrected chi connectivity index (χ0v) is 5.46. The van der Waals surface area contributed by atoms with Gasteiger partial charge in [-0.25, -0.2) is 0 Å². The molecule has 0 unspecified atom stereocenters. The van der Waals surface area contributed by atoms with Gasteiger partial charge in [0.05, 0.1) is 0 Å². The zero-order chi connectivity index (χ0) is 2.00. The Morgan fingerprint density at radius 3 is 1.25 bits per heavy atom. The van der Waals surface area contributed by atoms with E-state index in [1.165, 1.54) is 0 Å². The summed E-state index contributed by atoms with van der Waals surface area (Å²) in [6.45, 7) is 0. The largest absolute Gasteiger partial charge is 0 e. The molecule has 0 rings (SSSR count). The van der Waals surface area contributed by atoms with Gasteiger partial charge < -0.3 is 0 Å². The van der Waals surface area contributed by atoms with Crippen molar-refractivity contribution in [2.24, 2.45) is 0 Å². The molecular formula is HCoLiOZn. The van der Waals surface area contributed by atoms with E-state index in [9.17, 15) is 0 Å². The fourth-order valence-electron chi connectivity index (χ4n) is 0. The first-order valence-electron chi connectivity index (χ1n) is 0.136. The molecule has 0 spiro atoms. The summed E-state index contributed by atoms with van der Waals surface area (Å²) in [6.07, 6.45) is 0. The summed E-state index contributed by atoms with van der Waals surface area (Å²) in [5.74, 6) is 0. The molecule has 0 amide bonds. The van der Waals surface area contributed by atoms with Crippen LogP contribution in [0.5, 0.6) is 0 Å². The van der Waals surface area contributed by atoms with Crippen molar-refractivity contribution in [3.05, 3.63) is 0 Å². The van der Waals surface area contributed by atoms with E-state index in [4.69, 9.17) is 3.87 Å². The Balaban J connectivity index is -0.00000000500. The van der Waals surface area contributed by atoms with Gasteiger partial charge in [-0.1, -0.05) is 0 Å². The van der Waals surface area contributed by atoms with Gasteiger partial charge in [0.2, 0.25) is 0 Å². The minimum Gasteiger partial charge on any atom is 0 e. The number of hydrogen-bond donors (Lipinski definition) is 0. The van der Waals surface area contributed by atoms with Crippen LogP contribution in [-0.4, -0.2) is 18.9 Å². The van der Waals surface area contributed by atoms with Gasteiger partial charge in [-0.2, -0.15) is 0 Å². The standard InChI is InChI=1S/Co.Li.O.Zn.H. The third-order valence-corrected chi connectivity index (χ3v) is 0. The number of rotatable bonds is 0. The molecule has 0 aromatic carbocycles. The maximum atomic E-state index is 7.94. The molecule has 0 bridgehead atoms. The molecule has 1 nitrogen and oxygen atoms in total. The third-order valence-electron chi connectivity index (χ3n) is 0. The molecule has 0 aliphatic rings. The first-order valence-corrected chi connectivity index (χ1v) is 0.561. The van der Waals surface area contributed by atoms with E-state index in [0.717, 1.165) is 0 Å². The van der Waals surface area contributed by atoms with Crippen LogP contribution in [0, 0.1) is 0 Å². The van der Waals surface area contributed by atoms with Crippen LogP contribution < -0.4 is 0 Å². The zero-order valence-electron chi connectivity index (χ0n) is 1.45. The van der Waals surface area contributed by atoms with Crippen molar-refractivity contribution in [2.45, 2.75) is 0 Å². The maximum absolute atomic E-state index is 7.94. The first kappa shape index (κ1) is 17.7. The summed E-state index contributed by atoms with van der Waals surface area (Å²) in [5, 5.41) is 0. The van der Waals surface area contributed by atoms with Gasteiger partial charge in [-0.3, -0.25) is 0 Å². The van der Waals surface area contributed by atoms with Crippen molar-refractivity contribution >= 4 is 18.9 Å². The van der Waals surface area contributed by atoms with Crippen LogP contribution in [-0.2, 0) is 39.0 Å². The summed E-state index contributed by atoms with van der Waals surface area (Å²) in [6, 6.07) is 0. The molecule has 0 aromatic heterocycles. The Morgan fingerprint density at radius 2 is 1.25 bits per heavy atom. The van der Waals surface area contributed by atoms with E-state index in [1.54, 1.807) is 0 Å². The predicted octanol–water partition coefficient (Wildman–Crippen LogP) is -0.772. The van der Waals surface area contributed by atoms with Crippen molar-refractivity contribution in [2.75, 3.05) is 0 Å². The van der Waals surface area contributed by atoms with Crippen molar-refractivity contribution in [3.8, 4) is 0 Å². The van der Waals surface area contributed by atoms with Crippen LogP contribution in [0.25, 0.3) is 0 Å². The smallest absolute Gasteiger partial charge is 0 e. The Bertz CT molecular complexity index is 8.00. The number of hydrogen-bond acceptors (Lipinski definition) is 1. The molecule has 0 radical (unpaired) electrons. The predicted molar refractivity (Wildman–Crippen MR) is 7.84 cm³/mol. The van der Waals surface area contributed by atoms with E-state index in [-0.39, 0.29) is 38.3 Å². The van der Waals surface area contributed by atoms with Crippen LogP contribution in [0.3, 0.4) is 0 Å². The fraction of sp³-hybridized carbons (Fsp3) is 0. The Labute approximate surface area is 57.6 Å². The molecule has 0 aliphatic heterocycles. The molecule has 0 saturated heterocycles. The van der Waals surface area contributed by atoms with Crippen LogP contribution >= 0.6 is 0 Å². The van der Waals surface area contributed by atoms with Gasteiger partial charge in [0.15, 0.2) is 0 Å². The Morgan fingerprint density at radius 1 is 1.25 bits per heavy atom. The third kappa shape index (κ3) is 9.66. The van der Waals surface area contributed by atoms with Gasteiger partial charge >= 0.3 is 38.4 Å². The van der Waals surface area contributed by atoms with Crippen LogP contribution in [0.1, 0.15) is 0 Å². The molecule has 0 N–H and O–H groups in total. The molecule has 19 valence electrons. The van der Waals surface area contributed by atoms with Crippen molar-refractivity contribution in [1.29, 1.82) is 0 Å². The monoisotopic (exact) mass is 147 g/mol. The summed E-state index contributed by atoms with van der Waals surface area (Å²) < 4.78 is 7.94. The van der Waals surface area contributed by atoms with Gasteiger partial charge in [-0.05, 0) is 0 Å². The van der Waals surface area contributed by atoms with E-state index >= 15 is 0 Å². The Hall–Kier alpha value is 1.53. The van der Waals surface area contributed by atoms with Crippen LogP contribution in [0.15, 0.2) is 0 Å². The second kappa shape index (κ2) is 24.1. The van der Waals surface area contributed by atoms with Gasteiger partial charge in [-0.15, -0.1) is 0 Å². The Kier molecular flexibility index (Phi) is 107. The quantitative estimate of drug-likeness (QED) is 0.412. The molecular weight excluding hydrogens is 147 g/mol. The molecule has 0 atom stereocenters. The van der Waals surface area contributed by atoms with E-state index in [2.05, 4.69) is 15.7 Å². The molecule has 0 heterocycles. The van der Waals surface area contributed by atoms with Gasteiger partial charge in [0.1, 0.15) is 0 Å². The molecule has 0 saturated carbocycles. The SMILES string of the molecule is [LiH].[O]=[Co].[Zn]. The van der Waals surface area contributed by atoms with Crippen LogP contribution in [0.4, 0.5) is 0 Å².